The van der Waals surface area contributed by atoms with Crippen molar-refractivity contribution in [3.05, 3.63) is 36.5 Å². The fraction of sp³-hybridized carbons (Fsp3) is 0.833. The topological polar surface area (TPSA) is 231 Å². The summed E-state index contributed by atoms with van der Waals surface area (Å²) in [4.78, 5) is 25.7. The lowest BCUT2D eigenvalue weighted by Gasteiger charge is -2.42. The van der Waals surface area contributed by atoms with E-state index in [2.05, 4.69) is 50.3 Å². The lowest BCUT2D eigenvalue weighted by atomic mass is 9.98. The summed E-state index contributed by atoms with van der Waals surface area (Å²) in [6, 6.07) is 0. The van der Waals surface area contributed by atoms with Gasteiger partial charge in [-0.3, -0.25) is 9.59 Å². The van der Waals surface area contributed by atoms with Gasteiger partial charge in [-0.1, -0.05) is 140 Å². The number of carbonyl (C=O) groups excluding carboxylic acids is 2. The van der Waals surface area contributed by atoms with Crippen LogP contribution in [-0.2, 0) is 38.0 Å². The molecule has 2 aliphatic heterocycles. The number of hydrogen-bond acceptors (Lipinski definition) is 15. The van der Waals surface area contributed by atoms with E-state index in [1.807, 2.05) is 0 Å². The number of aliphatic hydroxyl groups is 7. The Bertz CT molecular complexity index is 1240. The van der Waals surface area contributed by atoms with Gasteiger partial charge in [-0.2, -0.15) is 0 Å². The molecular weight excluding hydrogens is 817 g/mol. The zero-order valence-electron chi connectivity index (χ0n) is 38.3. The van der Waals surface area contributed by atoms with E-state index < -0.39 is 92.7 Å². The van der Waals surface area contributed by atoms with Crippen molar-refractivity contribution in [1.29, 1.82) is 0 Å². The van der Waals surface area contributed by atoms with Crippen LogP contribution in [0.4, 0.5) is 0 Å². The van der Waals surface area contributed by atoms with E-state index in [4.69, 9.17) is 28.4 Å². The first-order chi connectivity index (χ1) is 30.5. The van der Waals surface area contributed by atoms with Crippen molar-refractivity contribution in [2.75, 3.05) is 26.4 Å². The van der Waals surface area contributed by atoms with Gasteiger partial charge in [0.05, 0.1) is 19.8 Å². The maximum Gasteiger partial charge on any atom is 0.306 e. The molecule has 2 aliphatic rings. The molecule has 0 aliphatic carbocycles. The molecule has 0 bridgehead atoms. The van der Waals surface area contributed by atoms with Crippen LogP contribution in [-0.4, -0.2) is 142 Å². The molecule has 0 amide bonds. The summed E-state index contributed by atoms with van der Waals surface area (Å²) < 4.78 is 33.5. The molecule has 0 aromatic rings. The third-order valence-electron chi connectivity index (χ3n) is 11.4. The Morgan fingerprint density at radius 3 is 1.57 bits per heavy atom. The molecule has 2 heterocycles. The van der Waals surface area contributed by atoms with Crippen LogP contribution in [0.1, 0.15) is 162 Å². The van der Waals surface area contributed by atoms with Gasteiger partial charge < -0.3 is 64.2 Å². The van der Waals surface area contributed by atoms with Crippen LogP contribution in [0, 0.1) is 0 Å². The summed E-state index contributed by atoms with van der Waals surface area (Å²) in [7, 11) is 0. The van der Waals surface area contributed by atoms with Gasteiger partial charge in [-0.25, -0.2) is 0 Å². The minimum atomic E-state index is -1.77. The highest BCUT2D eigenvalue weighted by Gasteiger charge is 2.47. The highest BCUT2D eigenvalue weighted by molar-refractivity contribution is 5.70. The van der Waals surface area contributed by atoms with E-state index in [0.717, 1.165) is 70.6 Å². The number of carbonyl (C=O) groups is 2. The monoisotopic (exact) mass is 901 g/mol. The predicted molar refractivity (Wildman–Crippen MR) is 238 cm³/mol. The van der Waals surface area contributed by atoms with Gasteiger partial charge in [0.25, 0.3) is 0 Å². The fourth-order valence-electron chi connectivity index (χ4n) is 7.41. The van der Waals surface area contributed by atoms with Crippen LogP contribution in [0.25, 0.3) is 0 Å². The Labute approximate surface area is 376 Å². The summed E-state index contributed by atoms with van der Waals surface area (Å²) in [6.45, 7) is 2.44. The SMILES string of the molecule is CC/C=C/C/C=C/C/C=C/CCCCCCCC(=O)OC[C@H](CO[C@@H]1O[C@H](CO[C@@H]2O[C@H](CO)[C@H](O)C(O)C2O)[C@H](O)C(O)C1O)OC(=O)CCCCCCCCCCCCCC. The normalized spacial score (nSPS) is 27.1. The zero-order chi connectivity index (χ0) is 46.1. The Hall–Kier alpha value is -2.28. The van der Waals surface area contributed by atoms with Crippen LogP contribution in [0.2, 0.25) is 0 Å². The fourth-order valence-corrected chi connectivity index (χ4v) is 7.41. The summed E-state index contributed by atoms with van der Waals surface area (Å²) in [5, 5.41) is 71.9. The van der Waals surface area contributed by atoms with Crippen LogP contribution in [0.5, 0.6) is 0 Å². The number of allylic oxidation sites excluding steroid dienone is 6. The maximum atomic E-state index is 12.9. The zero-order valence-corrected chi connectivity index (χ0v) is 38.3. The van der Waals surface area contributed by atoms with E-state index in [1.165, 1.54) is 51.4 Å². The second kappa shape index (κ2) is 35.9. The van der Waals surface area contributed by atoms with E-state index in [0.29, 0.717) is 12.8 Å². The molecule has 366 valence electrons. The molecule has 11 atom stereocenters. The third kappa shape index (κ3) is 24.7. The van der Waals surface area contributed by atoms with Crippen LogP contribution >= 0.6 is 0 Å². The lowest BCUT2D eigenvalue weighted by molar-refractivity contribution is -0.332. The minimum Gasteiger partial charge on any atom is -0.462 e. The van der Waals surface area contributed by atoms with Gasteiger partial charge >= 0.3 is 11.9 Å². The van der Waals surface area contributed by atoms with E-state index in [1.54, 1.807) is 0 Å². The van der Waals surface area contributed by atoms with Crippen molar-refractivity contribution in [3.8, 4) is 0 Å². The summed E-state index contributed by atoms with van der Waals surface area (Å²) in [6.07, 6.45) is 18.9. The molecular formula is C48H84O15. The second-order valence-electron chi connectivity index (χ2n) is 16.9. The van der Waals surface area contributed by atoms with Crippen molar-refractivity contribution in [3.63, 3.8) is 0 Å². The molecule has 4 unspecified atom stereocenters. The molecule has 15 heteroatoms. The molecule has 0 aromatic heterocycles. The molecule has 0 saturated carbocycles. The first-order valence-electron chi connectivity index (χ1n) is 24.1. The molecule has 2 rings (SSSR count). The smallest absolute Gasteiger partial charge is 0.306 e. The largest absolute Gasteiger partial charge is 0.462 e. The summed E-state index contributed by atoms with van der Waals surface area (Å²) >= 11 is 0. The number of hydrogen-bond donors (Lipinski definition) is 7. The Morgan fingerprint density at radius 1 is 0.524 bits per heavy atom. The minimum absolute atomic E-state index is 0.163. The standard InChI is InChI=1S/C48H84O15/c1-3-5-7-9-11-13-15-17-18-19-21-22-24-26-28-30-39(50)58-33-36(61-40(51)31-29-27-25-23-20-16-14-12-10-8-6-4-2)34-59-47-46(57)44(55)42(53)38(63-47)35-60-48-45(56)43(54)41(52)37(32-49)62-48/h5,7,11,13,17-18,36-38,41-49,52-57H,3-4,6,8-10,12,14-16,19-35H2,1-2H3/b7-5+,13-11+,18-17+/t36-,37-,38-,41+,42+,43?,44?,45?,46?,47-,48-/m1/s1. The lowest BCUT2D eigenvalue weighted by Crippen LogP contribution is -2.61. The van der Waals surface area contributed by atoms with Crippen molar-refractivity contribution in [1.82, 2.24) is 0 Å². The van der Waals surface area contributed by atoms with Gasteiger partial charge in [0, 0.05) is 12.8 Å². The van der Waals surface area contributed by atoms with Crippen molar-refractivity contribution in [2.45, 2.75) is 229 Å². The van der Waals surface area contributed by atoms with E-state index in [-0.39, 0.29) is 26.1 Å². The first-order valence-corrected chi connectivity index (χ1v) is 24.1. The molecule has 7 N–H and O–H groups in total. The number of unbranched alkanes of at least 4 members (excludes halogenated alkanes) is 16. The number of aliphatic hydroxyl groups excluding tert-OH is 7. The van der Waals surface area contributed by atoms with E-state index in [9.17, 15) is 45.3 Å². The highest BCUT2D eigenvalue weighted by atomic mass is 16.7. The number of esters is 2. The average Bonchev–Trinajstić information content (AvgIpc) is 3.28. The highest BCUT2D eigenvalue weighted by Crippen LogP contribution is 2.26. The molecule has 0 aromatic carbocycles. The molecule has 2 fully saturated rings. The quantitative estimate of drug-likeness (QED) is 0.0225. The van der Waals surface area contributed by atoms with Crippen molar-refractivity contribution >= 4 is 11.9 Å². The molecule has 0 radical (unpaired) electrons. The van der Waals surface area contributed by atoms with E-state index >= 15 is 0 Å². The summed E-state index contributed by atoms with van der Waals surface area (Å²) in [5.41, 5.74) is 0. The first kappa shape index (κ1) is 56.8. The second-order valence-corrected chi connectivity index (χ2v) is 16.9. The number of ether oxygens (including phenoxy) is 6. The molecule has 2 saturated heterocycles. The summed E-state index contributed by atoms with van der Waals surface area (Å²) in [5.74, 6) is -0.944. The molecule has 63 heavy (non-hydrogen) atoms. The van der Waals surface area contributed by atoms with Crippen LogP contribution < -0.4 is 0 Å². The van der Waals surface area contributed by atoms with Gasteiger partial charge in [0.2, 0.25) is 0 Å². The average molecular weight is 901 g/mol. The van der Waals surface area contributed by atoms with Crippen molar-refractivity contribution in [2.24, 2.45) is 0 Å². The number of rotatable bonds is 36. The van der Waals surface area contributed by atoms with Crippen molar-refractivity contribution < 1.29 is 73.8 Å². The van der Waals surface area contributed by atoms with Crippen LogP contribution in [0.15, 0.2) is 36.5 Å². The van der Waals surface area contributed by atoms with Crippen LogP contribution in [0.3, 0.4) is 0 Å². The molecule has 15 nitrogen and oxygen atoms in total. The van der Waals surface area contributed by atoms with Gasteiger partial charge in [0.1, 0.15) is 55.4 Å². The van der Waals surface area contributed by atoms with Gasteiger partial charge in [0.15, 0.2) is 18.7 Å². The Kier molecular flexibility index (Phi) is 32.4. The van der Waals surface area contributed by atoms with Gasteiger partial charge in [-0.05, 0) is 44.9 Å². The predicted octanol–water partition coefficient (Wildman–Crippen LogP) is 5.76. The van der Waals surface area contributed by atoms with Gasteiger partial charge in [-0.15, -0.1) is 0 Å². The molecule has 0 spiro atoms. The maximum absolute atomic E-state index is 12.9. The third-order valence-corrected chi connectivity index (χ3v) is 11.4. The Morgan fingerprint density at radius 2 is 1.00 bits per heavy atom. The Balaban J connectivity index is 1.84.